The first-order chi connectivity index (χ1) is 14.0. The smallest absolute Gasteiger partial charge is 0.349 e. The van der Waals surface area contributed by atoms with Gasteiger partial charge in [0.1, 0.15) is 4.88 Å². The van der Waals surface area contributed by atoms with Crippen LogP contribution >= 0.6 is 11.3 Å². The number of benzene rings is 2. The van der Waals surface area contributed by atoms with Crippen LogP contribution in [0.1, 0.15) is 15.2 Å². The van der Waals surface area contributed by atoms with Crippen molar-refractivity contribution in [2.45, 2.75) is 6.54 Å². The van der Waals surface area contributed by atoms with Crippen LogP contribution in [0.3, 0.4) is 0 Å². The zero-order valence-corrected chi connectivity index (χ0v) is 16.9. The molecule has 1 heterocycles. The van der Waals surface area contributed by atoms with Crippen LogP contribution in [-0.2, 0) is 16.1 Å². The molecule has 1 aromatic heterocycles. The van der Waals surface area contributed by atoms with Crippen molar-refractivity contribution in [1.29, 1.82) is 0 Å². The number of rotatable bonds is 7. The Hall–Kier alpha value is -3.19. The normalized spacial score (nSPS) is 10.4. The van der Waals surface area contributed by atoms with Gasteiger partial charge in [0.25, 0.3) is 5.91 Å². The van der Waals surface area contributed by atoms with E-state index in [0.717, 1.165) is 11.1 Å². The van der Waals surface area contributed by atoms with E-state index in [9.17, 15) is 14.0 Å². The first-order valence-corrected chi connectivity index (χ1v) is 9.74. The molecule has 2 aromatic carbocycles. The molecule has 0 saturated carbocycles. The quantitative estimate of drug-likeness (QED) is 0.540. The summed E-state index contributed by atoms with van der Waals surface area (Å²) in [4.78, 5) is 26.6. The van der Waals surface area contributed by atoms with Crippen LogP contribution < -0.4 is 4.74 Å². The number of hydrogen-bond acceptors (Lipinski definition) is 5. The van der Waals surface area contributed by atoms with E-state index in [2.05, 4.69) is 0 Å². The maximum atomic E-state index is 13.8. The van der Waals surface area contributed by atoms with Crippen molar-refractivity contribution in [3.05, 3.63) is 76.2 Å². The summed E-state index contributed by atoms with van der Waals surface area (Å²) < 4.78 is 23.9. The summed E-state index contributed by atoms with van der Waals surface area (Å²) >= 11 is 1.27. The zero-order chi connectivity index (χ0) is 20.8. The van der Waals surface area contributed by atoms with Gasteiger partial charge < -0.3 is 14.4 Å². The molecule has 29 heavy (non-hydrogen) atoms. The highest BCUT2D eigenvalue weighted by Crippen LogP contribution is 2.28. The molecule has 0 aliphatic heterocycles. The molecule has 0 atom stereocenters. The molecule has 0 bridgehead atoms. The second kappa shape index (κ2) is 9.34. The minimum Gasteiger partial charge on any atom is -0.494 e. The maximum Gasteiger partial charge on any atom is 0.349 e. The molecule has 0 saturated heterocycles. The number of methoxy groups -OCH3 is 1. The van der Waals surface area contributed by atoms with Crippen molar-refractivity contribution in [3.63, 3.8) is 0 Å². The number of amides is 1. The van der Waals surface area contributed by atoms with Crippen LogP contribution in [-0.4, -0.2) is 37.5 Å². The lowest BCUT2D eigenvalue weighted by atomic mass is 10.1. The average Bonchev–Trinajstić information content (AvgIpc) is 3.22. The molecule has 0 radical (unpaired) electrons. The van der Waals surface area contributed by atoms with E-state index < -0.39 is 11.8 Å². The largest absolute Gasteiger partial charge is 0.494 e. The second-order valence-corrected chi connectivity index (χ2v) is 7.24. The zero-order valence-electron chi connectivity index (χ0n) is 16.1. The van der Waals surface area contributed by atoms with Crippen molar-refractivity contribution in [3.8, 4) is 16.9 Å². The van der Waals surface area contributed by atoms with Crippen LogP contribution in [0.4, 0.5) is 4.39 Å². The first kappa shape index (κ1) is 20.5. The summed E-state index contributed by atoms with van der Waals surface area (Å²) in [5.74, 6) is -1.28. The van der Waals surface area contributed by atoms with Crippen LogP contribution in [0.15, 0.2) is 60.0 Å². The van der Waals surface area contributed by atoms with E-state index in [1.807, 2.05) is 41.8 Å². The Morgan fingerprint density at radius 1 is 1.10 bits per heavy atom. The summed E-state index contributed by atoms with van der Waals surface area (Å²) in [6.07, 6.45) is 0. The number of ether oxygens (including phenoxy) is 2. The number of hydrogen-bond donors (Lipinski definition) is 0. The number of carbonyl (C=O) groups excluding carboxylic acids is 2. The van der Waals surface area contributed by atoms with Gasteiger partial charge in [-0.1, -0.05) is 36.4 Å². The summed E-state index contributed by atoms with van der Waals surface area (Å²) in [5.41, 5.74) is 2.29. The number of nitrogens with zero attached hydrogens (tertiary/aromatic N) is 1. The van der Waals surface area contributed by atoms with E-state index in [0.29, 0.717) is 10.4 Å². The fourth-order valence-corrected chi connectivity index (χ4v) is 3.59. The highest BCUT2D eigenvalue weighted by molar-refractivity contribution is 7.12. The third-order valence-electron chi connectivity index (χ3n) is 4.32. The van der Waals surface area contributed by atoms with E-state index in [1.165, 1.54) is 35.5 Å². The third kappa shape index (κ3) is 5.00. The molecule has 0 unspecified atom stereocenters. The Morgan fingerprint density at radius 3 is 2.55 bits per heavy atom. The highest BCUT2D eigenvalue weighted by atomic mass is 32.1. The molecule has 0 aliphatic carbocycles. The second-order valence-electron chi connectivity index (χ2n) is 6.32. The van der Waals surface area contributed by atoms with Crippen molar-refractivity contribution in [1.82, 2.24) is 4.90 Å². The van der Waals surface area contributed by atoms with Crippen LogP contribution in [0.25, 0.3) is 11.1 Å². The maximum absolute atomic E-state index is 13.8. The molecule has 0 aliphatic rings. The van der Waals surface area contributed by atoms with Crippen LogP contribution in [0, 0.1) is 5.82 Å². The number of thiophene rings is 1. The van der Waals surface area contributed by atoms with Gasteiger partial charge in [-0.05, 0) is 34.7 Å². The van der Waals surface area contributed by atoms with Crippen molar-refractivity contribution < 1.29 is 23.5 Å². The molecular formula is C22H20FNO4S. The lowest BCUT2D eigenvalue weighted by Gasteiger charge is -2.17. The van der Waals surface area contributed by atoms with Gasteiger partial charge in [0.15, 0.2) is 18.2 Å². The number of likely N-dealkylation sites (N-methyl/N-ethyl adjacent to an activating group) is 1. The predicted molar refractivity (Wildman–Crippen MR) is 109 cm³/mol. The highest BCUT2D eigenvalue weighted by Gasteiger charge is 2.19. The minimum absolute atomic E-state index is 0.141. The number of halogens is 1. The standard InChI is InChI=1S/C22H20FNO4S/c1-24(13-15-8-9-19(27-2)18(23)12-15)20(25)14-28-22(26)21-17(10-11-29-21)16-6-4-3-5-7-16/h3-12H,13-14H2,1-2H3. The Labute approximate surface area is 172 Å². The lowest BCUT2D eigenvalue weighted by molar-refractivity contribution is -0.133. The van der Waals surface area contributed by atoms with Gasteiger partial charge in [-0.3, -0.25) is 4.79 Å². The van der Waals surface area contributed by atoms with Gasteiger partial charge in [-0.15, -0.1) is 11.3 Å². The number of carbonyl (C=O) groups is 2. The van der Waals surface area contributed by atoms with E-state index in [-0.39, 0.29) is 24.8 Å². The molecule has 0 fully saturated rings. The molecule has 0 N–H and O–H groups in total. The fraction of sp³-hybridized carbons (Fsp3) is 0.182. The molecule has 1 amide bonds. The van der Waals surface area contributed by atoms with Gasteiger partial charge in [-0.2, -0.15) is 0 Å². The molecule has 7 heteroatoms. The van der Waals surface area contributed by atoms with Crippen molar-refractivity contribution in [2.75, 3.05) is 20.8 Å². The minimum atomic E-state index is -0.545. The predicted octanol–water partition coefficient (Wildman–Crippen LogP) is 4.38. The van der Waals surface area contributed by atoms with Crippen LogP contribution in [0.5, 0.6) is 5.75 Å². The van der Waals surface area contributed by atoms with Crippen LogP contribution in [0.2, 0.25) is 0 Å². The molecule has 3 aromatic rings. The average molecular weight is 413 g/mol. The first-order valence-electron chi connectivity index (χ1n) is 8.86. The molecule has 5 nitrogen and oxygen atoms in total. The molecular weight excluding hydrogens is 393 g/mol. The molecule has 0 spiro atoms. The van der Waals surface area contributed by atoms with Gasteiger partial charge >= 0.3 is 5.97 Å². The van der Waals surface area contributed by atoms with Gasteiger partial charge in [0.2, 0.25) is 0 Å². The SMILES string of the molecule is COc1ccc(CN(C)C(=O)COC(=O)c2sccc2-c2ccccc2)cc1F. The van der Waals surface area contributed by atoms with E-state index in [1.54, 1.807) is 13.1 Å². The Balaban J connectivity index is 1.59. The van der Waals surface area contributed by atoms with Gasteiger partial charge in [-0.25, -0.2) is 9.18 Å². The van der Waals surface area contributed by atoms with Crippen molar-refractivity contribution in [2.24, 2.45) is 0 Å². The summed E-state index contributed by atoms with van der Waals surface area (Å²) in [7, 11) is 2.96. The van der Waals surface area contributed by atoms with Crippen molar-refractivity contribution >= 4 is 23.2 Å². The Kier molecular flexibility index (Phi) is 6.61. The topological polar surface area (TPSA) is 55.8 Å². The number of esters is 1. The Morgan fingerprint density at radius 2 is 1.86 bits per heavy atom. The van der Waals surface area contributed by atoms with E-state index in [4.69, 9.17) is 9.47 Å². The van der Waals surface area contributed by atoms with Gasteiger partial charge in [0.05, 0.1) is 7.11 Å². The summed E-state index contributed by atoms with van der Waals surface area (Å²) in [6, 6.07) is 15.8. The Bertz CT molecular complexity index is 1000. The fourth-order valence-electron chi connectivity index (χ4n) is 2.79. The third-order valence-corrected chi connectivity index (χ3v) is 5.22. The molecule has 3 rings (SSSR count). The monoisotopic (exact) mass is 413 g/mol. The lowest BCUT2D eigenvalue weighted by Crippen LogP contribution is -2.30. The molecule has 150 valence electrons. The summed E-state index contributed by atoms with van der Waals surface area (Å²) in [6.45, 7) is -0.203. The van der Waals surface area contributed by atoms with Gasteiger partial charge in [0, 0.05) is 19.2 Å². The summed E-state index contributed by atoms with van der Waals surface area (Å²) in [5, 5.41) is 1.81. The van der Waals surface area contributed by atoms with E-state index >= 15 is 0 Å².